The van der Waals surface area contributed by atoms with Crippen molar-refractivity contribution < 1.29 is 9.18 Å². The summed E-state index contributed by atoms with van der Waals surface area (Å²) in [6.07, 6.45) is 0. The second-order valence-electron chi connectivity index (χ2n) is 2.48. The second kappa shape index (κ2) is 4.59. The van der Waals surface area contributed by atoms with Gasteiger partial charge in [-0.15, -0.1) is 0 Å². The van der Waals surface area contributed by atoms with Crippen LogP contribution in [0.5, 0.6) is 0 Å². The van der Waals surface area contributed by atoms with E-state index >= 15 is 0 Å². The van der Waals surface area contributed by atoms with E-state index in [1.54, 1.807) is 0 Å². The molecule has 1 rings (SSSR count). The Morgan fingerprint density at radius 3 is 2.71 bits per heavy atom. The molecule has 3 N–H and O–H groups in total. The van der Waals surface area contributed by atoms with E-state index in [-0.39, 0.29) is 22.3 Å². The lowest BCUT2D eigenvalue weighted by atomic mass is 10.3. The lowest BCUT2D eigenvalue weighted by molar-refractivity contribution is -0.114. The van der Waals surface area contributed by atoms with Crippen molar-refractivity contribution in [2.75, 3.05) is 11.9 Å². The molecule has 0 aliphatic carbocycles. The van der Waals surface area contributed by atoms with Crippen LogP contribution in [-0.2, 0) is 4.79 Å². The van der Waals surface area contributed by atoms with Crippen LogP contribution in [-0.4, -0.2) is 12.5 Å². The average Bonchev–Trinajstić information content (AvgIpc) is 2.19. The minimum absolute atomic E-state index is 0.0325. The first kappa shape index (κ1) is 11.2. The van der Waals surface area contributed by atoms with Crippen molar-refractivity contribution >= 4 is 34.8 Å². The number of hydrogen-bond acceptors (Lipinski definition) is 2. The van der Waals surface area contributed by atoms with Crippen molar-refractivity contribution in [3.05, 3.63) is 28.0 Å². The highest BCUT2D eigenvalue weighted by molar-refractivity contribution is 6.42. The number of benzene rings is 1. The van der Waals surface area contributed by atoms with Crippen molar-refractivity contribution in [3.8, 4) is 0 Å². The quantitative estimate of drug-likeness (QED) is 0.773. The van der Waals surface area contributed by atoms with Crippen molar-refractivity contribution in [1.82, 2.24) is 0 Å². The summed E-state index contributed by atoms with van der Waals surface area (Å²) in [6, 6.07) is 2.70. The van der Waals surface area contributed by atoms with Crippen LogP contribution in [0.15, 0.2) is 12.1 Å². The fourth-order valence-electron chi connectivity index (χ4n) is 0.824. The zero-order chi connectivity index (χ0) is 10.7. The minimum atomic E-state index is -0.763. The molecular weight excluding hydrogens is 230 g/mol. The van der Waals surface area contributed by atoms with Gasteiger partial charge in [0.2, 0.25) is 5.91 Å². The highest BCUT2D eigenvalue weighted by Crippen LogP contribution is 2.29. The van der Waals surface area contributed by atoms with Crippen molar-refractivity contribution in [1.29, 1.82) is 0 Å². The average molecular weight is 237 g/mol. The number of anilines is 1. The van der Waals surface area contributed by atoms with Crippen LogP contribution in [0.4, 0.5) is 10.1 Å². The highest BCUT2D eigenvalue weighted by Gasteiger charge is 2.11. The van der Waals surface area contributed by atoms with Crippen molar-refractivity contribution in [2.24, 2.45) is 5.73 Å². The highest BCUT2D eigenvalue weighted by atomic mass is 35.5. The predicted molar refractivity (Wildman–Crippen MR) is 54.1 cm³/mol. The Morgan fingerprint density at radius 1 is 1.50 bits per heavy atom. The number of nitrogens with two attached hydrogens (primary N) is 1. The predicted octanol–water partition coefficient (Wildman–Crippen LogP) is 2.03. The molecule has 0 saturated heterocycles. The van der Waals surface area contributed by atoms with E-state index in [1.165, 1.54) is 12.1 Å². The molecule has 0 fully saturated rings. The summed E-state index contributed by atoms with van der Waals surface area (Å²) in [6.45, 7) is -0.223. The van der Waals surface area contributed by atoms with E-state index in [0.717, 1.165) is 0 Å². The third kappa shape index (κ3) is 2.35. The molecule has 1 aromatic carbocycles. The van der Waals surface area contributed by atoms with E-state index in [0.29, 0.717) is 0 Å². The van der Waals surface area contributed by atoms with Crippen LogP contribution >= 0.6 is 23.2 Å². The molecule has 0 atom stereocenters. The number of halogens is 3. The Bertz CT molecular complexity index is 371. The first-order valence-corrected chi connectivity index (χ1v) is 4.45. The van der Waals surface area contributed by atoms with Crippen LogP contribution in [0, 0.1) is 5.82 Å². The van der Waals surface area contributed by atoms with Gasteiger partial charge in [-0.1, -0.05) is 23.2 Å². The number of rotatable bonds is 2. The zero-order valence-corrected chi connectivity index (χ0v) is 8.49. The Hall–Kier alpha value is -0.840. The summed E-state index contributed by atoms with van der Waals surface area (Å²) < 4.78 is 13.3. The Balaban J connectivity index is 3.00. The first-order valence-electron chi connectivity index (χ1n) is 3.69. The van der Waals surface area contributed by atoms with Crippen LogP contribution in [0.1, 0.15) is 0 Å². The molecule has 0 unspecified atom stereocenters. The van der Waals surface area contributed by atoms with Gasteiger partial charge in [0.05, 0.1) is 22.3 Å². The number of carbonyl (C=O) groups is 1. The van der Waals surface area contributed by atoms with Gasteiger partial charge in [-0.2, -0.15) is 0 Å². The molecule has 1 amide bonds. The first-order chi connectivity index (χ1) is 6.56. The fourth-order valence-corrected chi connectivity index (χ4v) is 1.13. The summed E-state index contributed by atoms with van der Waals surface area (Å²) >= 11 is 11.1. The number of amides is 1. The molecule has 14 heavy (non-hydrogen) atoms. The lowest BCUT2D eigenvalue weighted by Crippen LogP contribution is -2.22. The third-order valence-corrected chi connectivity index (χ3v) is 2.28. The van der Waals surface area contributed by atoms with Gasteiger partial charge < -0.3 is 11.1 Å². The molecule has 76 valence electrons. The van der Waals surface area contributed by atoms with Crippen LogP contribution < -0.4 is 11.1 Å². The van der Waals surface area contributed by atoms with E-state index in [9.17, 15) is 9.18 Å². The van der Waals surface area contributed by atoms with Gasteiger partial charge in [0.1, 0.15) is 0 Å². The van der Waals surface area contributed by atoms with Gasteiger partial charge in [0.25, 0.3) is 0 Å². The summed E-state index contributed by atoms with van der Waals surface area (Å²) in [4.78, 5) is 10.9. The van der Waals surface area contributed by atoms with Gasteiger partial charge >= 0.3 is 0 Å². The molecule has 0 aliphatic rings. The molecule has 0 heterocycles. The Labute approximate surface area is 90.0 Å². The molecule has 1 aromatic rings. The molecule has 0 aliphatic heterocycles. The van der Waals surface area contributed by atoms with Gasteiger partial charge in [-0.3, -0.25) is 4.79 Å². The molecule has 0 radical (unpaired) electrons. The van der Waals surface area contributed by atoms with E-state index in [2.05, 4.69) is 5.32 Å². The van der Waals surface area contributed by atoms with E-state index in [4.69, 9.17) is 28.9 Å². The topological polar surface area (TPSA) is 55.1 Å². The molecule has 0 saturated carbocycles. The van der Waals surface area contributed by atoms with Gasteiger partial charge in [0, 0.05) is 0 Å². The SMILES string of the molecule is NCC(=O)Nc1ccc(Cl)c(Cl)c1F. The normalized spacial score (nSPS) is 10.0. The largest absolute Gasteiger partial charge is 0.322 e. The molecule has 0 bridgehead atoms. The third-order valence-electron chi connectivity index (χ3n) is 1.49. The summed E-state index contributed by atoms with van der Waals surface area (Å²) in [5.41, 5.74) is 5.01. The molecule has 3 nitrogen and oxygen atoms in total. The van der Waals surface area contributed by atoms with E-state index in [1.807, 2.05) is 0 Å². The summed E-state index contributed by atoms with van der Waals surface area (Å²) in [5, 5.41) is 2.12. The number of nitrogens with one attached hydrogen (secondary N) is 1. The maximum atomic E-state index is 13.3. The monoisotopic (exact) mass is 236 g/mol. The minimum Gasteiger partial charge on any atom is -0.322 e. The summed E-state index contributed by atoms with van der Waals surface area (Å²) in [5.74, 6) is -1.26. The van der Waals surface area contributed by atoms with Crippen molar-refractivity contribution in [2.45, 2.75) is 0 Å². The zero-order valence-electron chi connectivity index (χ0n) is 6.98. The van der Waals surface area contributed by atoms with Gasteiger partial charge in [-0.05, 0) is 12.1 Å². The maximum Gasteiger partial charge on any atom is 0.238 e. The summed E-state index contributed by atoms with van der Waals surface area (Å²) in [7, 11) is 0. The molecule has 0 aromatic heterocycles. The smallest absolute Gasteiger partial charge is 0.238 e. The Morgan fingerprint density at radius 2 is 2.14 bits per heavy atom. The Kier molecular flexibility index (Phi) is 3.69. The number of hydrogen-bond donors (Lipinski definition) is 2. The number of carbonyl (C=O) groups excluding carboxylic acids is 1. The molecule has 6 heteroatoms. The van der Waals surface area contributed by atoms with Gasteiger partial charge in [-0.25, -0.2) is 4.39 Å². The van der Waals surface area contributed by atoms with Crippen LogP contribution in [0.2, 0.25) is 10.0 Å². The van der Waals surface area contributed by atoms with Crippen LogP contribution in [0.25, 0.3) is 0 Å². The lowest BCUT2D eigenvalue weighted by Gasteiger charge is -2.06. The maximum absolute atomic E-state index is 13.3. The van der Waals surface area contributed by atoms with Gasteiger partial charge in [0.15, 0.2) is 5.82 Å². The van der Waals surface area contributed by atoms with E-state index < -0.39 is 11.7 Å². The molecule has 0 spiro atoms. The van der Waals surface area contributed by atoms with Crippen LogP contribution in [0.3, 0.4) is 0 Å². The standard InChI is InChI=1S/C8H7Cl2FN2O/c9-4-1-2-5(8(11)7(4)10)13-6(14)3-12/h1-2H,3,12H2,(H,13,14). The fraction of sp³-hybridized carbons (Fsp3) is 0.125. The second-order valence-corrected chi connectivity index (χ2v) is 3.26. The van der Waals surface area contributed by atoms with Crippen molar-refractivity contribution in [3.63, 3.8) is 0 Å². The molecular formula is C8H7Cl2FN2O.